The first-order valence-corrected chi connectivity index (χ1v) is 9.13. The average molecular weight is 363 g/mol. The average Bonchev–Trinajstić information content (AvgIpc) is 2.62. The highest BCUT2D eigenvalue weighted by atomic mass is 16.5. The number of hydrogen-bond donors (Lipinski definition) is 6. The van der Waals surface area contributed by atoms with E-state index in [9.17, 15) is 30.3 Å². The number of hydrogen-bond acceptors (Lipinski definition) is 7. The summed E-state index contributed by atoms with van der Waals surface area (Å²) in [5, 5.41) is 52.7. The normalized spacial score (nSPS) is 31.5. The van der Waals surface area contributed by atoms with Gasteiger partial charge in [0.1, 0.15) is 18.3 Å². The van der Waals surface area contributed by atoms with E-state index >= 15 is 0 Å². The quantitative estimate of drug-likeness (QED) is 0.327. The van der Waals surface area contributed by atoms with Crippen LogP contribution in [0.3, 0.4) is 0 Å². The number of ether oxygens (including phenoxy) is 1. The molecule has 8 heteroatoms. The third-order valence-electron chi connectivity index (χ3n) is 4.75. The predicted molar refractivity (Wildman–Crippen MR) is 90.8 cm³/mol. The number of carbonyl (C=O) groups excluding carboxylic acids is 1. The van der Waals surface area contributed by atoms with Crippen LogP contribution in [-0.4, -0.2) is 80.7 Å². The van der Waals surface area contributed by atoms with Gasteiger partial charge in [-0.15, -0.1) is 0 Å². The minimum atomic E-state index is -1.31. The summed E-state index contributed by atoms with van der Waals surface area (Å²) in [6.45, 7) is 3.27. The molecule has 0 saturated heterocycles. The van der Waals surface area contributed by atoms with Gasteiger partial charge in [0.15, 0.2) is 0 Å². The standard InChI is InChI=1S/C17H33NO7/c1-3-11(19)15(22)10(18-14(21)4-2)9-25-13-8-6-5-7-12(20)16(23)17(13)24/h10-13,15-17,19-20,22-24H,3-9H2,1-2H3,(H,18,21)/t10-,11+,12-,13?,15-,16-,17-/m0/s1. The van der Waals surface area contributed by atoms with Gasteiger partial charge in [0.2, 0.25) is 5.91 Å². The fraction of sp³-hybridized carbons (Fsp3) is 0.941. The number of aliphatic hydroxyl groups is 5. The molecule has 0 aromatic heterocycles. The van der Waals surface area contributed by atoms with Gasteiger partial charge in [-0.3, -0.25) is 4.79 Å². The molecule has 6 N–H and O–H groups in total. The van der Waals surface area contributed by atoms with Crippen LogP contribution in [0.1, 0.15) is 52.4 Å². The van der Waals surface area contributed by atoms with E-state index in [1.165, 1.54) is 0 Å². The summed E-state index contributed by atoms with van der Waals surface area (Å²) in [6.07, 6.45) is -3.64. The van der Waals surface area contributed by atoms with Crippen LogP contribution in [0.2, 0.25) is 0 Å². The van der Waals surface area contributed by atoms with Gasteiger partial charge in [0.05, 0.1) is 31.0 Å². The lowest BCUT2D eigenvalue weighted by molar-refractivity contribution is -0.143. The summed E-state index contributed by atoms with van der Waals surface area (Å²) in [5.41, 5.74) is 0. The Morgan fingerprint density at radius 2 is 1.76 bits per heavy atom. The highest BCUT2D eigenvalue weighted by Crippen LogP contribution is 2.22. The second kappa shape index (κ2) is 11.1. The summed E-state index contributed by atoms with van der Waals surface area (Å²) in [4.78, 5) is 11.7. The Bertz CT molecular complexity index is 395. The maximum absolute atomic E-state index is 11.7. The molecule has 148 valence electrons. The zero-order valence-corrected chi connectivity index (χ0v) is 15.0. The number of rotatable bonds is 8. The van der Waals surface area contributed by atoms with Crippen LogP contribution >= 0.6 is 0 Å². The molecule has 0 aromatic rings. The zero-order valence-electron chi connectivity index (χ0n) is 15.0. The maximum atomic E-state index is 11.7. The largest absolute Gasteiger partial charge is 0.390 e. The van der Waals surface area contributed by atoms with Gasteiger partial charge < -0.3 is 35.6 Å². The fourth-order valence-corrected chi connectivity index (χ4v) is 2.94. The Kier molecular flexibility index (Phi) is 9.84. The molecule has 7 atom stereocenters. The minimum Gasteiger partial charge on any atom is -0.390 e. The highest BCUT2D eigenvalue weighted by Gasteiger charge is 2.35. The Morgan fingerprint density at radius 1 is 1.12 bits per heavy atom. The van der Waals surface area contributed by atoms with E-state index in [0.29, 0.717) is 25.7 Å². The predicted octanol–water partition coefficient (Wildman–Crippen LogP) is -0.945. The number of carbonyl (C=O) groups is 1. The molecule has 0 radical (unpaired) electrons. The molecule has 0 spiro atoms. The summed E-state index contributed by atoms with van der Waals surface area (Å²) in [6, 6.07) is -0.831. The van der Waals surface area contributed by atoms with Crippen molar-refractivity contribution in [2.75, 3.05) is 6.61 Å². The summed E-state index contributed by atoms with van der Waals surface area (Å²) in [5.74, 6) is -0.287. The van der Waals surface area contributed by atoms with Crippen LogP contribution in [0.5, 0.6) is 0 Å². The molecule has 1 rings (SSSR count). The molecule has 8 nitrogen and oxygen atoms in total. The molecule has 0 aromatic carbocycles. The monoisotopic (exact) mass is 363 g/mol. The van der Waals surface area contributed by atoms with Crippen LogP contribution < -0.4 is 5.32 Å². The lowest BCUT2D eigenvalue weighted by Gasteiger charge is -2.34. The van der Waals surface area contributed by atoms with E-state index in [0.717, 1.165) is 6.42 Å². The van der Waals surface area contributed by atoms with Gasteiger partial charge in [0.25, 0.3) is 0 Å². The molecular formula is C17H33NO7. The van der Waals surface area contributed by atoms with Crippen LogP contribution in [0.25, 0.3) is 0 Å². The van der Waals surface area contributed by atoms with Crippen LogP contribution in [-0.2, 0) is 9.53 Å². The van der Waals surface area contributed by atoms with Crippen LogP contribution in [0, 0.1) is 0 Å². The maximum Gasteiger partial charge on any atom is 0.220 e. The molecule has 1 unspecified atom stereocenters. The van der Waals surface area contributed by atoms with Crippen molar-refractivity contribution in [3.63, 3.8) is 0 Å². The summed E-state index contributed by atoms with van der Waals surface area (Å²) >= 11 is 0. The van der Waals surface area contributed by atoms with Crippen molar-refractivity contribution >= 4 is 5.91 Å². The van der Waals surface area contributed by atoms with Crippen molar-refractivity contribution in [1.82, 2.24) is 5.32 Å². The first-order valence-electron chi connectivity index (χ1n) is 9.13. The molecule has 1 fully saturated rings. The van der Waals surface area contributed by atoms with Gasteiger partial charge in [-0.25, -0.2) is 0 Å². The molecule has 1 aliphatic rings. The SMILES string of the molecule is CCC(=O)N[C@@H](COC1CCCC[C@H](O)[C@H](O)[C@H]1O)[C@H](O)[C@H](O)CC. The smallest absolute Gasteiger partial charge is 0.220 e. The lowest BCUT2D eigenvalue weighted by atomic mass is 9.92. The van der Waals surface area contributed by atoms with E-state index < -0.39 is 42.7 Å². The summed E-state index contributed by atoms with van der Waals surface area (Å²) < 4.78 is 5.67. The number of aliphatic hydroxyl groups excluding tert-OH is 5. The molecule has 1 aliphatic carbocycles. The van der Waals surface area contributed by atoms with Crippen molar-refractivity contribution in [2.45, 2.75) is 95.0 Å². The van der Waals surface area contributed by atoms with Crippen molar-refractivity contribution in [1.29, 1.82) is 0 Å². The van der Waals surface area contributed by atoms with Crippen LogP contribution in [0.15, 0.2) is 0 Å². The van der Waals surface area contributed by atoms with Crippen LogP contribution in [0.4, 0.5) is 0 Å². The van der Waals surface area contributed by atoms with E-state index in [4.69, 9.17) is 4.74 Å². The Hall–Kier alpha value is -0.770. The van der Waals surface area contributed by atoms with E-state index in [1.54, 1.807) is 13.8 Å². The molecule has 1 amide bonds. The van der Waals surface area contributed by atoms with Gasteiger partial charge in [-0.2, -0.15) is 0 Å². The first-order chi connectivity index (χ1) is 11.8. The number of amides is 1. The van der Waals surface area contributed by atoms with E-state index in [2.05, 4.69) is 5.32 Å². The van der Waals surface area contributed by atoms with Crippen molar-refractivity contribution in [3.05, 3.63) is 0 Å². The van der Waals surface area contributed by atoms with Crippen molar-refractivity contribution in [3.8, 4) is 0 Å². The van der Waals surface area contributed by atoms with E-state index in [1.807, 2.05) is 0 Å². The van der Waals surface area contributed by atoms with Gasteiger partial charge in [0, 0.05) is 6.42 Å². The van der Waals surface area contributed by atoms with Crippen molar-refractivity contribution in [2.24, 2.45) is 0 Å². The first kappa shape index (κ1) is 22.3. The van der Waals surface area contributed by atoms with Crippen molar-refractivity contribution < 1.29 is 35.1 Å². The van der Waals surface area contributed by atoms with Gasteiger partial charge in [-0.05, 0) is 19.3 Å². The Labute approximate surface area is 148 Å². The molecule has 25 heavy (non-hydrogen) atoms. The highest BCUT2D eigenvalue weighted by molar-refractivity contribution is 5.75. The third kappa shape index (κ3) is 6.80. The molecule has 0 heterocycles. The molecule has 1 saturated carbocycles. The van der Waals surface area contributed by atoms with Gasteiger partial charge >= 0.3 is 0 Å². The summed E-state index contributed by atoms with van der Waals surface area (Å²) in [7, 11) is 0. The number of nitrogens with one attached hydrogen (secondary N) is 1. The van der Waals surface area contributed by atoms with E-state index in [-0.39, 0.29) is 18.9 Å². The molecule has 0 bridgehead atoms. The third-order valence-corrected chi connectivity index (χ3v) is 4.75. The Balaban J connectivity index is 2.73. The lowest BCUT2D eigenvalue weighted by Crippen LogP contribution is -2.53. The Morgan fingerprint density at radius 3 is 2.36 bits per heavy atom. The topological polar surface area (TPSA) is 139 Å². The second-order valence-corrected chi connectivity index (χ2v) is 6.70. The molecular weight excluding hydrogens is 330 g/mol. The fourth-order valence-electron chi connectivity index (χ4n) is 2.94. The van der Waals surface area contributed by atoms with Gasteiger partial charge in [-0.1, -0.05) is 26.7 Å². The molecule has 0 aliphatic heterocycles. The second-order valence-electron chi connectivity index (χ2n) is 6.70. The minimum absolute atomic E-state index is 0.117. The zero-order chi connectivity index (χ0) is 19.0.